The number of nitrogens with zero attached hydrogens (tertiary/aromatic N) is 1. The molecule has 1 atom stereocenters. The van der Waals surface area contributed by atoms with Gasteiger partial charge in [0.05, 0.1) is 19.3 Å². The van der Waals surface area contributed by atoms with Gasteiger partial charge in [0.25, 0.3) is 0 Å². The average Bonchev–Trinajstić information content (AvgIpc) is 2.39. The van der Waals surface area contributed by atoms with Gasteiger partial charge in [0.15, 0.2) is 0 Å². The first-order chi connectivity index (χ1) is 8.27. The maximum Gasteiger partial charge on any atom is 0.0771 e. The molecule has 1 N–H and O–H groups in total. The Bertz CT molecular complexity index is 290. The zero-order chi connectivity index (χ0) is 12.5. The molecule has 0 aliphatic rings. The highest BCUT2D eigenvalue weighted by Crippen LogP contribution is 2.12. The van der Waals surface area contributed by atoms with Gasteiger partial charge in [-0.05, 0) is 25.5 Å². The number of rotatable bonds is 8. The van der Waals surface area contributed by atoms with Crippen molar-refractivity contribution in [2.24, 2.45) is 0 Å². The van der Waals surface area contributed by atoms with Crippen molar-refractivity contribution in [3.8, 4) is 0 Å². The lowest BCUT2D eigenvalue weighted by Crippen LogP contribution is -2.28. The Balaban J connectivity index is 2.29. The minimum atomic E-state index is -0.332. The van der Waals surface area contributed by atoms with Crippen molar-refractivity contribution in [2.75, 3.05) is 31.2 Å². The molecule has 1 rings (SSSR count). The van der Waals surface area contributed by atoms with Crippen LogP contribution in [0.1, 0.15) is 20.3 Å². The molecule has 0 aliphatic heterocycles. The molecule has 3 heteroatoms. The SMILES string of the molecule is CCC(O)COCCN(CC)c1ccccc1. The zero-order valence-electron chi connectivity index (χ0n) is 10.8. The van der Waals surface area contributed by atoms with Crippen molar-refractivity contribution in [3.63, 3.8) is 0 Å². The summed E-state index contributed by atoms with van der Waals surface area (Å²) >= 11 is 0. The predicted octanol–water partition coefficient (Wildman–Crippen LogP) is 2.30. The number of benzene rings is 1. The minimum Gasteiger partial charge on any atom is -0.391 e. The number of para-hydroxylation sites is 1. The Morgan fingerprint density at radius 3 is 2.53 bits per heavy atom. The quantitative estimate of drug-likeness (QED) is 0.704. The smallest absolute Gasteiger partial charge is 0.0771 e. The molecule has 0 aliphatic carbocycles. The molecule has 3 nitrogen and oxygen atoms in total. The van der Waals surface area contributed by atoms with Crippen LogP contribution in [-0.2, 0) is 4.74 Å². The molecule has 0 heterocycles. The molecular weight excluding hydrogens is 214 g/mol. The van der Waals surface area contributed by atoms with Gasteiger partial charge >= 0.3 is 0 Å². The van der Waals surface area contributed by atoms with Crippen molar-refractivity contribution >= 4 is 5.69 Å². The van der Waals surface area contributed by atoms with Crippen LogP contribution in [0.2, 0.25) is 0 Å². The summed E-state index contributed by atoms with van der Waals surface area (Å²) in [6.45, 7) is 6.99. The highest BCUT2D eigenvalue weighted by molar-refractivity contribution is 5.45. The summed E-state index contributed by atoms with van der Waals surface area (Å²) < 4.78 is 5.45. The third kappa shape index (κ3) is 5.20. The molecule has 1 aromatic carbocycles. The van der Waals surface area contributed by atoms with E-state index in [4.69, 9.17) is 4.74 Å². The Kier molecular flexibility index (Phi) is 6.67. The van der Waals surface area contributed by atoms with Crippen LogP contribution in [0.5, 0.6) is 0 Å². The van der Waals surface area contributed by atoms with E-state index in [9.17, 15) is 5.11 Å². The van der Waals surface area contributed by atoms with Crippen molar-refractivity contribution < 1.29 is 9.84 Å². The molecule has 1 aromatic rings. The van der Waals surface area contributed by atoms with E-state index in [1.54, 1.807) is 0 Å². The van der Waals surface area contributed by atoms with Crippen molar-refractivity contribution in [2.45, 2.75) is 26.4 Å². The van der Waals surface area contributed by atoms with Crippen LogP contribution < -0.4 is 4.90 Å². The second kappa shape index (κ2) is 8.09. The van der Waals surface area contributed by atoms with E-state index in [1.165, 1.54) is 5.69 Å². The largest absolute Gasteiger partial charge is 0.391 e. The number of hydrogen-bond acceptors (Lipinski definition) is 3. The van der Waals surface area contributed by atoms with Crippen LogP contribution in [0.4, 0.5) is 5.69 Å². The molecule has 0 radical (unpaired) electrons. The first-order valence-corrected chi connectivity index (χ1v) is 6.33. The van der Waals surface area contributed by atoms with Gasteiger partial charge in [0.1, 0.15) is 0 Å². The summed E-state index contributed by atoms with van der Waals surface area (Å²) in [6.07, 6.45) is 0.415. The van der Waals surface area contributed by atoms with E-state index in [0.29, 0.717) is 13.2 Å². The van der Waals surface area contributed by atoms with E-state index in [-0.39, 0.29) is 6.10 Å². The standard InChI is InChI=1S/C14H23NO2/c1-3-14(16)12-17-11-10-15(4-2)13-8-6-5-7-9-13/h5-9,14,16H,3-4,10-12H2,1-2H3. The van der Waals surface area contributed by atoms with Crippen molar-refractivity contribution in [1.29, 1.82) is 0 Å². The first-order valence-electron chi connectivity index (χ1n) is 6.33. The number of likely N-dealkylation sites (N-methyl/N-ethyl adjacent to an activating group) is 1. The molecule has 0 saturated heterocycles. The topological polar surface area (TPSA) is 32.7 Å². The zero-order valence-corrected chi connectivity index (χ0v) is 10.8. The highest BCUT2D eigenvalue weighted by Gasteiger charge is 2.04. The van der Waals surface area contributed by atoms with Gasteiger partial charge in [-0.2, -0.15) is 0 Å². The lowest BCUT2D eigenvalue weighted by molar-refractivity contribution is 0.0380. The summed E-state index contributed by atoms with van der Waals surface area (Å²) in [4.78, 5) is 2.26. The maximum atomic E-state index is 9.36. The Morgan fingerprint density at radius 1 is 1.24 bits per heavy atom. The number of ether oxygens (including phenoxy) is 1. The normalized spacial score (nSPS) is 12.4. The molecule has 96 valence electrons. The number of aliphatic hydroxyl groups is 1. The Morgan fingerprint density at radius 2 is 1.94 bits per heavy atom. The molecule has 17 heavy (non-hydrogen) atoms. The molecule has 0 fully saturated rings. The van der Waals surface area contributed by atoms with Crippen LogP contribution in [-0.4, -0.2) is 37.5 Å². The van der Waals surface area contributed by atoms with Crippen LogP contribution >= 0.6 is 0 Å². The van der Waals surface area contributed by atoms with Gasteiger partial charge in [-0.3, -0.25) is 0 Å². The predicted molar refractivity (Wildman–Crippen MR) is 71.4 cm³/mol. The van der Waals surface area contributed by atoms with Crippen LogP contribution in [0, 0.1) is 0 Å². The van der Waals surface area contributed by atoms with Crippen molar-refractivity contribution in [1.82, 2.24) is 0 Å². The summed E-state index contributed by atoms with van der Waals surface area (Å²) in [5.41, 5.74) is 1.22. The lowest BCUT2D eigenvalue weighted by atomic mass is 10.3. The van der Waals surface area contributed by atoms with E-state index in [2.05, 4.69) is 24.0 Å². The highest BCUT2D eigenvalue weighted by atomic mass is 16.5. The van der Waals surface area contributed by atoms with Crippen LogP contribution in [0.25, 0.3) is 0 Å². The number of hydrogen-bond donors (Lipinski definition) is 1. The monoisotopic (exact) mass is 237 g/mol. The van der Waals surface area contributed by atoms with Gasteiger partial charge in [0, 0.05) is 18.8 Å². The molecule has 0 bridgehead atoms. The molecule has 0 spiro atoms. The number of aliphatic hydroxyl groups excluding tert-OH is 1. The number of anilines is 1. The third-order valence-electron chi connectivity index (χ3n) is 2.79. The fraction of sp³-hybridized carbons (Fsp3) is 0.571. The van der Waals surface area contributed by atoms with Crippen LogP contribution in [0.15, 0.2) is 30.3 Å². The van der Waals surface area contributed by atoms with Gasteiger partial charge < -0.3 is 14.7 Å². The maximum absolute atomic E-state index is 9.36. The second-order valence-corrected chi connectivity index (χ2v) is 4.05. The Hall–Kier alpha value is -1.06. The van der Waals surface area contributed by atoms with Gasteiger partial charge in [-0.25, -0.2) is 0 Å². The van der Waals surface area contributed by atoms with Crippen LogP contribution in [0.3, 0.4) is 0 Å². The molecule has 0 amide bonds. The van der Waals surface area contributed by atoms with E-state index in [0.717, 1.165) is 19.5 Å². The lowest BCUT2D eigenvalue weighted by Gasteiger charge is -2.23. The van der Waals surface area contributed by atoms with E-state index < -0.39 is 0 Å². The third-order valence-corrected chi connectivity index (χ3v) is 2.79. The average molecular weight is 237 g/mol. The van der Waals surface area contributed by atoms with E-state index >= 15 is 0 Å². The van der Waals surface area contributed by atoms with E-state index in [1.807, 2.05) is 25.1 Å². The summed E-state index contributed by atoms with van der Waals surface area (Å²) in [5.74, 6) is 0. The van der Waals surface area contributed by atoms with Gasteiger partial charge in [-0.15, -0.1) is 0 Å². The summed E-state index contributed by atoms with van der Waals surface area (Å²) in [5, 5.41) is 9.36. The molecule has 0 aromatic heterocycles. The second-order valence-electron chi connectivity index (χ2n) is 4.05. The summed E-state index contributed by atoms with van der Waals surface area (Å²) in [6, 6.07) is 10.3. The molecular formula is C14H23NO2. The molecule has 1 unspecified atom stereocenters. The fourth-order valence-electron chi connectivity index (χ4n) is 1.62. The Labute approximate surface area is 104 Å². The van der Waals surface area contributed by atoms with Gasteiger partial charge in [0.2, 0.25) is 0 Å². The molecule has 0 saturated carbocycles. The fourth-order valence-corrected chi connectivity index (χ4v) is 1.62. The first kappa shape index (κ1) is 14.0. The van der Waals surface area contributed by atoms with Gasteiger partial charge in [-0.1, -0.05) is 25.1 Å². The minimum absolute atomic E-state index is 0.332. The summed E-state index contributed by atoms with van der Waals surface area (Å²) in [7, 11) is 0. The van der Waals surface area contributed by atoms with Crippen molar-refractivity contribution in [3.05, 3.63) is 30.3 Å².